The van der Waals surface area contributed by atoms with E-state index in [-0.39, 0.29) is 34.9 Å². The van der Waals surface area contributed by atoms with Crippen LogP contribution in [0.5, 0.6) is 0 Å². The number of fused-ring (bicyclic) bond motifs is 5. The minimum Gasteiger partial charge on any atom is -0.396 e. The number of rotatable bonds is 18. The summed E-state index contributed by atoms with van der Waals surface area (Å²) in [5, 5.41) is 176. The van der Waals surface area contributed by atoms with Crippen molar-refractivity contribution in [3.63, 3.8) is 0 Å². The van der Waals surface area contributed by atoms with Crippen LogP contribution in [0.2, 0.25) is 0 Å². The van der Waals surface area contributed by atoms with Crippen molar-refractivity contribution < 1.29 is 139 Å². The number of ether oxygens (including phenoxy) is 11. The van der Waals surface area contributed by atoms with Gasteiger partial charge in [0.1, 0.15) is 109 Å². The molecule has 10 rings (SSSR count). The number of allylic oxidation sites excluding steroid dienone is 2. The topological polar surface area (TPSA) is 442 Å². The highest BCUT2D eigenvalue weighted by atomic mass is 16.8. The van der Waals surface area contributed by atoms with Crippen molar-refractivity contribution in [1.82, 2.24) is 0 Å². The second-order valence-electron chi connectivity index (χ2n) is 26.5. The number of carbonyl (C=O) groups is 1. The third-order valence-corrected chi connectivity index (χ3v) is 22.4. The minimum absolute atomic E-state index is 0.129. The molecule has 28 heteroatoms. The minimum atomic E-state index is -2.28. The first kappa shape index (κ1) is 66.3. The van der Waals surface area contributed by atoms with Crippen LogP contribution in [-0.2, 0) is 56.9 Å². The number of carbonyl (C=O) groups excluding carboxylic acids is 1. The normalized spacial score (nSPS) is 52.5. The molecule has 0 aromatic rings. The van der Waals surface area contributed by atoms with E-state index in [1.807, 2.05) is 6.92 Å². The summed E-state index contributed by atoms with van der Waals surface area (Å²) >= 11 is 0. The van der Waals surface area contributed by atoms with Gasteiger partial charge in [0, 0.05) is 17.3 Å². The average molecular weight is 1230 g/mol. The van der Waals surface area contributed by atoms with Crippen LogP contribution in [-0.4, -0.2) is 293 Å². The lowest BCUT2D eigenvalue weighted by Gasteiger charge is -2.64. The largest absolute Gasteiger partial charge is 0.396 e. The molecule has 0 radical (unpaired) electrons. The second-order valence-corrected chi connectivity index (χ2v) is 26.5. The molecule has 1 spiro atoms. The predicted molar refractivity (Wildman–Crippen MR) is 282 cm³/mol. The summed E-state index contributed by atoms with van der Waals surface area (Å²) in [6.07, 6.45) is -33.7. The summed E-state index contributed by atoms with van der Waals surface area (Å²) in [5.41, 5.74) is -2.30. The highest BCUT2D eigenvalue weighted by Crippen LogP contribution is 2.75. The van der Waals surface area contributed by atoms with Crippen molar-refractivity contribution in [1.29, 1.82) is 0 Å². The summed E-state index contributed by atoms with van der Waals surface area (Å²) in [6, 6.07) is 0. The standard InChI is InChI=1S/C57H92O28/c1-6-27(63)29-15-24(2)57(85-29)14-13-53(4)26-7-8-33-52(3,25(26)9-12-54(53,57)5)11-10-34(55(33,20-60)21-61)81-47-41(71)40(70)37(67)32(80-47)19-76-49-44(35(65)28(64)18-75-49)83-50-45(84-51-46(73)56(74,22-62)23-77-51)43(38(68)31(17-59)79-50)82-48-42(72)39(69)36(66)30(16-58)78-48/h24,28-51,58-62,64-74H,6-23H2,1-5H3. The summed E-state index contributed by atoms with van der Waals surface area (Å²) in [7, 11) is 0. The maximum absolute atomic E-state index is 13.0. The molecule has 0 amide bonds. The number of hydrogen-bond acceptors (Lipinski definition) is 28. The molecule has 30 unspecified atom stereocenters. The Labute approximate surface area is 492 Å². The van der Waals surface area contributed by atoms with Crippen LogP contribution in [0.4, 0.5) is 0 Å². The molecule has 0 bridgehead atoms. The molecule has 16 N–H and O–H groups in total. The van der Waals surface area contributed by atoms with E-state index in [0.717, 1.165) is 25.7 Å². The lowest BCUT2D eigenvalue weighted by atomic mass is 9.42. The molecule has 6 aliphatic heterocycles. The highest BCUT2D eigenvalue weighted by Gasteiger charge is 2.72. The molecular weight excluding hydrogens is 1130 g/mol. The molecule has 0 aromatic heterocycles. The summed E-state index contributed by atoms with van der Waals surface area (Å²) in [6.45, 7) is 5.13. The molecular formula is C57H92O28. The maximum Gasteiger partial charge on any atom is 0.187 e. The number of ketones is 1. The number of Topliss-reactive ketones (excluding diaryl/α,β-unsaturated/α-hetero) is 1. The zero-order chi connectivity index (χ0) is 61.7. The van der Waals surface area contributed by atoms with E-state index < -0.39 is 216 Å². The fourth-order valence-corrected chi connectivity index (χ4v) is 16.9. The fraction of sp³-hybridized carbons (Fsp3) is 0.947. The Morgan fingerprint density at radius 2 is 1.21 bits per heavy atom. The van der Waals surface area contributed by atoms with Gasteiger partial charge in [0.2, 0.25) is 0 Å². The average Bonchev–Trinajstić information content (AvgIpc) is 1.62. The molecule has 0 aromatic carbocycles. The van der Waals surface area contributed by atoms with Crippen molar-refractivity contribution >= 4 is 5.78 Å². The van der Waals surface area contributed by atoms with Crippen molar-refractivity contribution in [2.75, 3.05) is 52.9 Å². The van der Waals surface area contributed by atoms with Crippen LogP contribution >= 0.6 is 0 Å². The third kappa shape index (κ3) is 10.7. The fourth-order valence-electron chi connectivity index (χ4n) is 16.9. The van der Waals surface area contributed by atoms with E-state index in [9.17, 15) is 86.5 Å². The Balaban J connectivity index is 0.863. The van der Waals surface area contributed by atoms with E-state index in [0.29, 0.717) is 32.1 Å². The van der Waals surface area contributed by atoms with Gasteiger partial charge in [-0.15, -0.1) is 0 Å². The second kappa shape index (κ2) is 25.1. The molecule has 6 saturated heterocycles. The first-order valence-electron chi connectivity index (χ1n) is 30.2. The van der Waals surface area contributed by atoms with Crippen LogP contribution in [0.3, 0.4) is 0 Å². The molecule has 10 aliphatic rings. The molecule has 4 aliphatic carbocycles. The Kier molecular flexibility index (Phi) is 19.6. The zero-order valence-electron chi connectivity index (χ0n) is 48.7. The highest BCUT2D eigenvalue weighted by molar-refractivity contribution is 5.83. The van der Waals surface area contributed by atoms with Gasteiger partial charge in [-0.25, -0.2) is 0 Å². The third-order valence-electron chi connectivity index (χ3n) is 22.4. The van der Waals surface area contributed by atoms with Crippen LogP contribution < -0.4 is 0 Å². The van der Waals surface area contributed by atoms with Crippen LogP contribution in [0.25, 0.3) is 0 Å². The Bertz CT molecular complexity index is 2350. The first-order valence-corrected chi connectivity index (χ1v) is 30.2. The summed E-state index contributed by atoms with van der Waals surface area (Å²) in [5.74, 6) is 0.00129. The summed E-state index contributed by atoms with van der Waals surface area (Å²) in [4.78, 5) is 13.0. The van der Waals surface area contributed by atoms with E-state index in [1.54, 1.807) is 0 Å². The van der Waals surface area contributed by atoms with Crippen molar-refractivity contribution in [2.45, 2.75) is 251 Å². The molecule has 85 heavy (non-hydrogen) atoms. The lowest BCUT2D eigenvalue weighted by Crippen LogP contribution is -2.67. The molecule has 6 heterocycles. The number of aliphatic hydroxyl groups is 16. The monoisotopic (exact) mass is 1220 g/mol. The van der Waals surface area contributed by atoms with E-state index in [1.165, 1.54) is 11.1 Å². The van der Waals surface area contributed by atoms with Crippen LogP contribution in [0, 0.1) is 33.5 Å². The predicted octanol–water partition coefficient (Wildman–Crippen LogP) is -5.03. The zero-order valence-corrected chi connectivity index (χ0v) is 48.7. The quantitative estimate of drug-likeness (QED) is 0.0571. The van der Waals surface area contributed by atoms with Gasteiger partial charge in [0.25, 0.3) is 0 Å². The molecule has 488 valence electrons. The van der Waals surface area contributed by atoms with Gasteiger partial charge in [-0.05, 0) is 80.5 Å². The van der Waals surface area contributed by atoms with Crippen molar-refractivity contribution in [2.24, 2.45) is 33.5 Å². The lowest BCUT2D eigenvalue weighted by molar-refractivity contribution is -0.397. The van der Waals surface area contributed by atoms with Crippen LogP contribution in [0.1, 0.15) is 98.8 Å². The maximum atomic E-state index is 13.0. The Hall–Kier alpha value is -1.67. The van der Waals surface area contributed by atoms with E-state index >= 15 is 0 Å². The van der Waals surface area contributed by atoms with Crippen molar-refractivity contribution in [3.8, 4) is 0 Å². The van der Waals surface area contributed by atoms with Gasteiger partial charge >= 0.3 is 0 Å². The Morgan fingerprint density at radius 1 is 0.600 bits per heavy atom. The van der Waals surface area contributed by atoms with Gasteiger partial charge < -0.3 is 134 Å². The van der Waals surface area contributed by atoms with Gasteiger partial charge in [0.05, 0.1) is 64.6 Å². The SMILES string of the molecule is CCC(=O)C1CC(C)C2(CCC3(C)C4=C(CCC32C)C2(C)CCC(OC3OC(COC5OCC(O)C(O)C5OC5OC(CO)C(O)C(OC6OC(CO)C(O)C(O)C6O)C5OC5OCC(O)(CO)C5O)C(O)C(O)C3O)C(CO)(CO)C2CC4)O1. The molecule has 30 atom stereocenters. The Morgan fingerprint density at radius 3 is 1.85 bits per heavy atom. The van der Waals surface area contributed by atoms with Crippen LogP contribution in [0.15, 0.2) is 11.1 Å². The van der Waals surface area contributed by atoms with Gasteiger partial charge in [-0.1, -0.05) is 45.8 Å². The number of hydrogen-bond donors (Lipinski definition) is 16. The number of aliphatic hydroxyl groups excluding tert-OH is 15. The smallest absolute Gasteiger partial charge is 0.187 e. The van der Waals surface area contributed by atoms with E-state index in [4.69, 9.17) is 52.1 Å². The molecule has 28 nitrogen and oxygen atoms in total. The molecule has 8 fully saturated rings. The van der Waals surface area contributed by atoms with Gasteiger partial charge in [0.15, 0.2) is 37.2 Å². The van der Waals surface area contributed by atoms with Gasteiger partial charge in [-0.2, -0.15) is 0 Å². The molecule has 2 saturated carbocycles. The first-order chi connectivity index (χ1) is 40.2. The summed E-state index contributed by atoms with van der Waals surface area (Å²) < 4.78 is 66.7. The van der Waals surface area contributed by atoms with Crippen molar-refractivity contribution in [3.05, 3.63) is 11.1 Å². The van der Waals surface area contributed by atoms with Gasteiger partial charge in [-0.3, -0.25) is 4.79 Å². The van der Waals surface area contributed by atoms with E-state index in [2.05, 4.69) is 27.7 Å².